The SMILES string of the molecule is CCOC(=O)CCCCCc1c2c(C)c(C(=O)OCC)[nH]c2cc2[n+]1C(C)C(C)=C2C. The summed E-state index contributed by atoms with van der Waals surface area (Å²) in [5, 5.41) is 1.12. The van der Waals surface area contributed by atoms with Gasteiger partial charge in [0.05, 0.1) is 24.1 Å². The highest BCUT2D eigenvalue weighted by Crippen LogP contribution is 2.35. The lowest BCUT2D eigenvalue weighted by molar-refractivity contribution is -0.713. The van der Waals surface area contributed by atoms with Gasteiger partial charge in [0.25, 0.3) is 0 Å². The molecule has 0 spiro atoms. The zero-order valence-electron chi connectivity index (χ0n) is 19.7. The van der Waals surface area contributed by atoms with E-state index in [2.05, 4.69) is 36.4 Å². The Hall–Kier alpha value is -2.63. The van der Waals surface area contributed by atoms with E-state index in [-0.39, 0.29) is 18.0 Å². The van der Waals surface area contributed by atoms with Crippen molar-refractivity contribution in [3.63, 3.8) is 0 Å². The molecular weight excluding hydrogens is 392 g/mol. The van der Waals surface area contributed by atoms with Gasteiger partial charge in [-0.15, -0.1) is 0 Å². The quantitative estimate of drug-likeness (QED) is 0.348. The van der Waals surface area contributed by atoms with Gasteiger partial charge in [0, 0.05) is 37.0 Å². The maximum Gasteiger partial charge on any atom is 0.355 e. The number of aryl methyl sites for hydroxylation is 2. The number of hydrogen-bond acceptors (Lipinski definition) is 4. The van der Waals surface area contributed by atoms with Crippen molar-refractivity contribution >= 4 is 28.4 Å². The molecule has 1 atom stereocenters. The third kappa shape index (κ3) is 4.39. The van der Waals surface area contributed by atoms with Crippen molar-refractivity contribution in [2.24, 2.45) is 0 Å². The Morgan fingerprint density at radius 2 is 1.77 bits per heavy atom. The van der Waals surface area contributed by atoms with Gasteiger partial charge >= 0.3 is 11.9 Å². The second-order valence-electron chi connectivity index (χ2n) is 8.33. The highest BCUT2D eigenvalue weighted by atomic mass is 16.5. The van der Waals surface area contributed by atoms with Crippen LogP contribution in [0.25, 0.3) is 16.5 Å². The number of aromatic amines is 1. The van der Waals surface area contributed by atoms with Crippen LogP contribution in [0.5, 0.6) is 0 Å². The van der Waals surface area contributed by atoms with Crippen LogP contribution in [-0.4, -0.2) is 30.1 Å². The molecule has 31 heavy (non-hydrogen) atoms. The molecule has 1 unspecified atom stereocenters. The molecule has 0 saturated carbocycles. The number of fused-ring (bicyclic) bond motifs is 2. The normalized spacial score (nSPS) is 15.5. The van der Waals surface area contributed by atoms with Crippen molar-refractivity contribution in [2.45, 2.75) is 79.7 Å². The first kappa shape index (κ1) is 23.0. The Morgan fingerprint density at radius 1 is 1.06 bits per heavy atom. The highest BCUT2D eigenvalue weighted by molar-refractivity contribution is 5.99. The predicted molar refractivity (Wildman–Crippen MR) is 121 cm³/mol. The zero-order chi connectivity index (χ0) is 22.7. The minimum Gasteiger partial charge on any atom is -0.466 e. The average molecular weight is 428 g/mol. The van der Waals surface area contributed by atoms with Crippen molar-refractivity contribution in [3.8, 4) is 0 Å². The van der Waals surface area contributed by atoms with Gasteiger partial charge in [-0.1, -0.05) is 6.42 Å². The standard InChI is InChI=1S/C25H34N2O4/c1-7-30-22(28)13-11-9-10-12-20-23-17(5)24(25(29)31-8-2)26-19(23)14-21-16(4)15(3)18(6)27(20)21/h14,18H,7-13H2,1-6H3/p+1. The summed E-state index contributed by atoms with van der Waals surface area (Å²) in [6.45, 7) is 13.0. The Labute approximate surface area is 184 Å². The van der Waals surface area contributed by atoms with Crippen LogP contribution in [0.2, 0.25) is 0 Å². The molecule has 3 rings (SSSR count). The number of allylic oxidation sites excluding steroid dienone is 2. The fraction of sp³-hybridized carbons (Fsp3) is 0.560. The third-order valence-corrected chi connectivity index (χ3v) is 6.47. The Morgan fingerprint density at radius 3 is 2.45 bits per heavy atom. The van der Waals surface area contributed by atoms with E-state index in [4.69, 9.17) is 9.47 Å². The molecule has 6 nitrogen and oxygen atoms in total. The predicted octanol–water partition coefficient (Wildman–Crippen LogP) is 4.97. The molecule has 3 heterocycles. The number of nitrogens with zero attached hydrogens (tertiary/aromatic N) is 1. The summed E-state index contributed by atoms with van der Waals surface area (Å²) in [7, 11) is 0. The number of unbranched alkanes of at least 4 members (excludes halogenated alkanes) is 2. The Balaban J connectivity index is 1.94. The lowest BCUT2D eigenvalue weighted by atomic mass is 10.0. The Kier molecular flexibility index (Phi) is 7.19. The van der Waals surface area contributed by atoms with E-state index in [1.807, 2.05) is 20.8 Å². The van der Waals surface area contributed by atoms with Crippen LogP contribution in [0.3, 0.4) is 0 Å². The number of H-pyrrole nitrogens is 1. The van der Waals surface area contributed by atoms with Crippen LogP contribution in [0.15, 0.2) is 11.6 Å². The number of nitrogens with one attached hydrogen (secondary N) is 1. The second-order valence-corrected chi connectivity index (χ2v) is 8.33. The maximum absolute atomic E-state index is 12.5. The summed E-state index contributed by atoms with van der Waals surface area (Å²) in [5.41, 5.74) is 7.58. The van der Waals surface area contributed by atoms with Crippen LogP contribution in [0.4, 0.5) is 0 Å². The highest BCUT2D eigenvalue weighted by Gasteiger charge is 2.36. The van der Waals surface area contributed by atoms with Crippen molar-refractivity contribution in [1.29, 1.82) is 0 Å². The number of aromatic nitrogens is 2. The van der Waals surface area contributed by atoms with Crippen molar-refractivity contribution < 1.29 is 23.6 Å². The van der Waals surface area contributed by atoms with Crippen LogP contribution < -0.4 is 4.57 Å². The largest absolute Gasteiger partial charge is 0.466 e. The van der Waals surface area contributed by atoms with Crippen LogP contribution in [0, 0.1) is 6.92 Å². The van der Waals surface area contributed by atoms with E-state index in [0.29, 0.717) is 25.3 Å². The molecule has 6 heteroatoms. The summed E-state index contributed by atoms with van der Waals surface area (Å²) in [5.74, 6) is -0.428. The number of carbonyl (C=O) groups is 2. The lowest BCUT2D eigenvalue weighted by Gasteiger charge is -2.11. The van der Waals surface area contributed by atoms with Gasteiger partial charge in [-0.3, -0.25) is 4.79 Å². The van der Waals surface area contributed by atoms with E-state index < -0.39 is 0 Å². The molecule has 168 valence electrons. The summed E-state index contributed by atoms with van der Waals surface area (Å²) in [6.07, 6.45) is 4.11. The fourth-order valence-corrected chi connectivity index (χ4v) is 4.64. The molecule has 1 aliphatic heterocycles. The maximum atomic E-state index is 12.5. The molecule has 0 radical (unpaired) electrons. The lowest BCUT2D eigenvalue weighted by Crippen LogP contribution is -2.42. The average Bonchev–Trinajstić information content (AvgIpc) is 3.17. The topological polar surface area (TPSA) is 72.3 Å². The first-order valence-electron chi connectivity index (χ1n) is 11.4. The summed E-state index contributed by atoms with van der Waals surface area (Å²) >= 11 is 0. The van der Waals surface area contributed by atoms with Crippen molar-refractivity contribution in [1.82, 2.24) is 4.98 Å². The summed E-state index contributed by atoms with van der Waals surface area (Å²) < 4.78 is 12.7. The first-order valence-corrected chi connectivity index (χ1v) is 11.4. The van der Waals surface area contributed by atoms with Crippen molar-refractivity contribution in [2.75, 3.05) is 13.2 Å². The second kappa shape index (κ2) is 9.67. The number of hydrogen-bond donors (Lipinski definition) is 1. The molecule has 0 saturated heterocycles. The fourth-order valence-electron chi connectivity index (χ4n) is 4.64. The van der Waals surface area contributed by atoms with E-state index >= 15 is 0 Å². The van der Waals surface area contributed by atoms with Crippen molar-refractivity contribution in [3.05, 3.63) is 34.3 Å². The number of rotatable bonds is 9. The summed E-state index contributed by atoms with van der Waals surface area (Å²) in [4.78, 5) is 27.4. The van der Waals surface area contributed by atoms with Gasteiger partial charge in [-0.25, -0.2) is 4.79 Å². The smallest absolute Gasteiger partial charge is 0.355 e. The molecule has 0 fully saturated rings. The van der Waals surface area contributed by atoms with Crippen LogP contribution in [-0.2, 0) is 20.7 Å². The van der Waals surface area contributed by atoms with Gasteiger partial charge in [0.1, 0.15) is 5.69 Å². The van der Waals surface area contributed by atoms with Gasteiger partial charge < -0.3 is 14.5 Å². The van der Waals surface area contributed by atoms with Crippen LogP contribution in [0.1, 0.15) is 93.8 Å². The van der Waals surface area contributed by atoms with Gasteiger partial charge in [-0.05, 0) is 53.0 Å². The Bertz CT molecular complexity index is 1030. The van der Waals surface area contributed by atoms with E-state index in [1.165, 1.54) is 22.5 Å². The summed E-state index contributed by atoms with van der Waals surface area (Å²) in [6, 6.07) is 2.45. The van der Waals surface area contributed by atoms with Gasteiger partial charge in [-0.2, -0.15) is 4.57 Å². The molecule has 1 aliphatic rings. The number of ether oxygens (including phenoxy) is 2. The molecular formula is C25H35N2O4+. The number of carbonyl (C=O) groups excluding carboxylic acids is 2. The minimum absolute atomic E-state index is 0.121. The monoisotopic (exact) mass is 427 g/mol. The molecule has 0 aliphatic carbocycles. The van der Waals surface area contributed by atoms with E-state index in [1.54, 1.807) is 0 Å². The number of esters is 2. The van der Waals surface area contributed by atoms with Gasteiger partial charge in [0.2, 0.25) is 5.69 Å². The molecule has 0 bridgehead atoms. The molecule has 0 amide bonds. The molecule has 2 aromatic rings. The first-order chi connectivity index (χ1) is 14.8. The molecule has 2 aromatic heterocycles. The van der Waals surface area contributed by atoms with E-state index in [0.717, 1.165) is 42.1 Å². The van der Waals surface area contributed by atoms with Gasteiger partial charge in [0.15, 0.2) is 11.7 Å². The van der Waals surface area contributed by atoms with Crippen LogP contribution >= 0.6 is 0 Å². The molecule has 0 aromatic carbocycles. The minimum atomic E-state index is -0.307. The van der Waals surface area contributed by atoms with E-state index in [9.17, 15) is 9.59 Å². The zero-order valence-corrected chi connectivity index (χ0v) is 19.7. The number of pyridine rings is 1. The molecule has 1 N–H and O–H groups in total. The third-order valence-electron chi connectivity index (χ3n) is 6.47.